The third kappa shape index (κ3) is 5.88. The number of benzene rings is 2. The van der Waals surface area contributed by atoms with Crippen LogP contribution in [0, 0.1) is 11.8 Å². The Kier molecular flexibility index (Phi) is 9.69. The number of hydrogen-bond donors (Lipinski definition) is 1. The Labute approximate surface area is 257 Å². The van der Waals surface area contributed by atoms with Gasteiger partial charge in [-0.2, -0.15) is 0 Å². The van der Waals surface area contributed by atoms with Gasteiger partial charge >= 0.3 is 5.97 Å². The van der Waals surface area contributed by atoms with E-state index in [1.807, 2.05) is 36.4 Å². The summed E-state index contributed by atoms with van der Waals surface area (Å²) < 4.78 is 12.2. The lowest BCUT2D eigenvalue weighted by molar-refractivity contribution is -0.156. The summed E-state index contributed by atoms with van der Waals surface area (Å²) in [5.74, 6) is -2.90. The summed E-state index contributed by atoms with van der Waals surface area (Å²) in [4.78, 5) is 45.7. The molecule has 3 saturated heterocycles. The van der Waals surface area contributed by atoms with E-state index in [1.165, 1.54) is 4.90 Å². The number of rotatable bonds is 14. The van der Waals surface area contributed by atoms with Crippen molar-refractivity contribution >= 4 is 35.1 Å². The van der Waals surface area contributed by atoms with Gasteiger partial charge in [0, 0.05) is 17.3 Å². The van der Waals surface area contributed by atoms with Gasteiger partial charge in [-0.25, -0.2) is 0 Å². The van der Waals surface area contributed by atoms with Gasteiger partial charge in [0.25, 0.3) is 5.91 Å². The normalized spacial score (nSPS) is 26.2. The minimum atomic E-state index is -1.22. The smallest absolute Gasteiger partial charge is 0.312 e. The molecular weight excluding hydrogens is 568 g/mol. The summed E-state index contributed by atoms with van der Waals surface area (Å²) in [6.45, 7) is 7.63. The van der Waals surface area contributed by atoms with Gasteiger partial charge in [0.05, 0.1) is 37.2 Å². The van der Waals surface area contributed by atoms with Crippen molar-refractivity contribution in [2.24, 2.45) is 11.8 Å². The van der Waals surface area contributed by atoms with E-state index < -0.39 is 41.6 Å². The van der Waals surface area contributed by atoms with Crippen LogP contribution in [0.15, 0.2) is 79.9 Å². The topological polar surface area (TPSA) is 96.4 Å². The molecule has 3 heterocycles. The van der Waals surface area contributed by atoms with Gasteiger partial charge in [-0.15, -0.1) is 13.2 Å². The Hall–Kier alpha value is -3.46. The third-order valence-electron chi connectivity index (χ3n) is 8.93. The van der Waals surface area contributed by atoms with Crippen LogP contribution in [0.25, 0.3) is 0 Å². The van der Waals surface area contributed by atoms with E-state index in [2.05, 4.69) is 13.2 Å². The number of carbonyl (C=O) groups excluding carboxylic acids is 3. The molecule has 0 aliphatic carbocycles. The number of hydrogen-bond acceptors (Lipinski definition) is 6. The lowest BCUT2D eigenvalue weighted by Crippen LogP contribution is -2.59. The number of fused-ring (bicyclic) bond motifs is 1. The van der Waals surface area contributed by atoms with Crippen molar-refractivity contribution in [1.82, 2.24) is 4.90 Å². The average molecular weight is 607 g/mol. The molecule has 9 heteroatoms. The first-order valence-electron chi connectivity index (χ1n) is 15.0. The molecule has 1 N–H and O–H groups in total. The zero-order chi connectivity index (χ0) is 30.6. The van der Waals surface area contributed by atoms with E-state index in [9.17, 15) is 19.5 Å². The van der Waals surface area contributed by atoms with Crippen molar-refractivity contribution < 1.29 is 29.0 Å². The van der Waals surface area contributed by atoms with Gasteiger partial charge < -0.3 is 24.4 Å². The van der Waals surface area contributed by atoms with Crippen LogP contribution in [-0.4, -0.2) is 71.3 Å². The van der Waals surface area contributed by atoms with Crippen molar-refractivity contribution in [3.8, 4) is 0 Å². The molecule has 2 unspecified atom stereocenters. The Bertz CT molecular complexity index is 1330. The summed E-state index contributed by atoms with van der Waals surface area (Å²) in [6.07, 6.45) is 6.60. The summed E-state index contributed by atoms with van der Waals surface area (Å²) >= 11 is 6.14. The second-order valence-corrected chi connectivity index (χ2v) is 11.9. The Morgan fingerprint density at radius 1 is 1.14 bits per heavy atom. The molecule has 1 spiro atoms. The first kappa shape index (κ1) is 31.0. The van der Waals surface area contributed by atoms with E-state index >= 15 is 0 Å². The van der Waals surface area contributed by atoms with E-state index in [-0.39, 0.29) is 31.6 Å². The Balaban J connectivity index is 1.52. The fraction of sp³-hybridized carbons (Fsp3) is 0.441. The maximum Gasteiger partial charge on any atom is 0.312 e. The molecule has 3 fully saturated rings. The number of likely N-dealkylation sites (tertiary alicyclic amines) is 1. The molecule has 0 aromatic heterocycles. The molecule has 8 nitrogen and oxygen atoms in total. The largest absolute Gasteiger partial charge is 0.465 e. The van der Waals surface area contributed by atoms with Crippen LogP contribution in [0.2, 0.25) is 5.02 Å². The number of halogens is 1. The lowest BCUT2D eigenvalue weighted by Gasteiger charge is -2.39. The maximum atomic E-state index is 14.7. The highest BCUT2D eigenvalue weighted by atomic mass is 35.5. The molecular formula is C34H39ClN2O6. The zero-order valence-electron chi connectivity index (χ0n) is 24.3. The molecule has 3 aliphatic rings. The Morgan fingerprint density at radius 3 is 2.56 bits per heavy atom. The van der Waals surface area contributed by atoms with E-state index in [0.717, 1.165) is 18.4 Å². The predicted octanol–water partition coefficient (Wildman–Crippen LogP) is 4.74. The fourth-order valence-corrected chi connectivity index (χ4v) is 7.17. The highest BCUT2D eigenvalue weighted by Crippen LogP contribution is 2.59. The van der Waals surface area contributed by atoms with Crippen LogP contribution in [-0.2, 0) is 30.3 Å². The number of allylic oxidation sites excluding steroid dienone is 1. The number of anilines is 1. The van der Waals surface area contributed by atoms with E-state index in [1.54, 1.807) is 35.2 Å². The molecule has 6 atom stereocenters. The summed E-state index contributed by atoms with van der Waals surface area (Å²) in [7, 11) is 0. The monoisotopic (exact) mass is 606 g/mol. The number of unbranched alkanes of at least 4 members (excludes halogenated alkanes) is 2. The minimum absolute atomic E-state index is 0.182. The Morgan fingerprint density at radius 2 is 1.88 bits per heavy atom. The number of aliphatic hydroxyl groups is 1. The fourth-order valence-electron chi connectivity index (χ4n) is 7.05. The highest BCUT2D eigenvalue weighted by Gasteiger charge is 2.75. The number of esters is 1. The van der Waals surface area contributed by atoms with Gasteiger partial charge in [-0.05, 0) is 68.4 Å². The zero-order valence-corrected chi connectivity index (χ0v) is 25.0. The first-order chi connectivity index (χ1) is 20.9. The van der Waals surface area contributed by atoms with Crippen molar-refractivity contribution in [2.75, 3.05) is 24.7 Å². The van der Waals surface area contributed by atoms with Crippen LogP contribution in [0.4, 0.5) is 5.69 Å². The highest BCUT2D eigenvalue weighted by molar-refractivity contribution is 6.30. The molecule has 3 aliphatic heterocycles. The SMILES string of the molecule is C=CCCCCOC(=O)[C@@H]1[C@@H]2CCC3(O2)C(C(=O)N(CC=C)c2ccc(Cl)cc2)N([C@@H](CO)Cc2ccccc2)C(=O)[C@H]13. The molecule has 5 rings (SSSR count). The van der Waals surface area contributed by atoms with Crippen LogP contribution < -0.4 is 4.90 Å². The van der Waals surface area contributed by atoms with Crippen LogP contribution in [0.3, 0.4) is 0 Å². The molecule has 2 aromatic carbocycles. The standard InChI is InChI=1S/C34H39ClN2O6/c1-3-5-6-10-20-42-33(41)28-27-17-18-34(43-27)29(28)31(39)37(26(22-38)21-23-11-8-7-9-12-23)30(34)32(40)36(19-4-2)25-15-13-24(35)14-16-25/h3-4,7-9,11-16,26-30,38H,1-2,5-6,10,17-22H2/t26-,27+,28-,29+,30?,34?/m1/s1. The van der Waals surface area contributed by atoms with Gasteiger partial charge in [-0.3, -0.25) is 14.4 Å². The van der Waals surface area contributed by atoms with Gasteiger partial charge in [-0.1, -0.05) is 54.1 Å². The van der Waals surface area contributed by atoms with Gasteiger partial charge in [0.15, 0.2) is 0 Å². The van der Waals surface area contributed by atoms with Crippen LogP contribution in [0.5, 0.6) is 0 Å². The molecule has 2 amide bonds. The quantitative estimate of drug-likeness (QED) is 0.190. The minimum Gasteiger partial charge on any atom is -0.465 e. The van der Waals surface area contributed by atoms with Crippen LogP contribution in [0.1, 0.15) is 37.7 Å². The number of carbonyl (C=O) groups is 3. The first-order valence-corrected chi connectivity index (χ1v) is 15.3. The second-order valence-electron chi connectivity index (χ2n) is 11.5. The van der Waals surface area contributed by atoms with Gasteiger partial charge in [0.2, 0.25) is 5.91 Å². The van der Waals surface area contributed by atoms with E-state index in [0.29, 0.717) is 36.4 Å². The summed E-state index contributed by atoms with van der Waals surface area (Å²) in [5, 5.41) is 11.2. The molecule has 228 valence electrons. The lowest BCUT2D eigenvalue weighted by atomic mass is 9.70. The van der Waals surface area contributed by atoms with E-state index in [4.69, 9.17) is 21.1 Å². The summed E-state index contributed by atoms with van der Waals surface area (Å²) in [5.41, 5.74) is 0.283. The molecule has 43 heavy (non-hydrogen) atoms. The van der Waals surface area contributed by atoms with Crippen molar-refractivity contribution in [3.05, 3.63) is 90.5 Å². The van der Waals surface area contributed by atoms with Gasteiger partial charge in [0.1, 0.15) is 11.6 Å². The molecule has 2 bridgehead atoms. The molecule has 0 radical (unpaired) electrons. The summed E-state index contributed by atoms with van der Waals surface area (Å²) in [6, 6.07) is 14.6. The molecule has 2 aromatic rings. The van der Waals surface area contributed by atoms with Crippen molar-refractivity contribution in [1.29, 1.82) is 0 Å². The number of ether oxygens (including phenoxy) is 2. The number of nitrogens with zero attached hydrogens (tertiary/aromatic N) is 2. The van der Waals surface area contributed by atoms with Crippen LogP contribution >= 0.6 is 11.6 Å². The van der Waals surface area contributed by atoms with Crippen molar-refractivity contribution in [3.63, 3.8) is 0 Å². The number of aliphatic hydroxyl groups excluding tert-OH is 1. The van der Waals surface area contributed by atoms with Crippen molar-refractivity contribution in [2.45, 2.75) is 62.3 Å². The third-order valence-corrected chi connectivity index (χ3v) is 9.18. The number of amides is 2. The predicted molar refractivity (Wildman–Crippen MR) is 164 cm³/mol. The second kappa shape index (κ2) is 13.5. The molecule has 0 saturated carbocycles. The average Bonchev–Trinajstić information content (AvgIpc) is 3.66. The maximum absolute atomic E-state index is 14.7.